The van der Waals surface area contributed by atoms with E-state index in [0.717, 1.165) is 33.8 Å². The van der Waals surface area contributed by atoms with Crippen molar-refractivity contribution in [2.24, 2.45) is 0 Å². The minimum atomic E-state index is -1.20. The van der Waals surface area contributed by atoms with E-state index in [1.807, 2.05) is 109 Å². The fourth-order valence-corrected chi connectivity index (χ4v) is 4.31. The smallest absolute Gasteiger partial charge is 0.128 e. The highest BCUT2D eigenvalue weighted by molar-refractivity contribution is 5.51. The van der Waals surface area contributed by atoms with Crippen LogP contribution in [-0.4, -0.2) is 11.7 Å². The van der Waals surface area contributed by atoms with Crippen LogP contribution in [0.2, 0.25) is 0 Å². The Bertz CT molecular complexity index is 1140. The minimum Gasteiger partial charge on any atom is -0.492 e. The van der Waals surface area contributed by atoms with Gasteiger partial charge in [0.25, 0.3) is 0 Å². The third kappa shape index (κ3) is 3.69. The SMILES string of the molecule is OC1(c2ccc(OCc3ccccc3)cc2)c2ccccc2OCC1c1ccccc1. The molecule has 3 heteroatoms. The highest BCUT2D eigenvalue weighted by Crippen LogP contribution is 2.49. The zero-order valence-corrected chi connectivity index (χ0v) is 17.1. The number of ether oxygens (including phenoxy) is 2. The van der Waals surface area contributed by atoms with Crippen molar-refractivity contribution in [1.82, 2.24) is 0 Å². The second kappa shape index (κ2) is 8.29. The maximum absolute atomic E-state index is 12.2. The van der Waals surface area contributed by atoms with Crippen molar-refractivity contribution >= 4 is 0 Å². The molecule has 0 spiro atoms. The second-order valence-electron chi connectivity index (χ2n) is 7.84. The van der Waals surface area contributed by atoms with E-state index in [9.17, 15) is 5.11 Å². The van der Waals surface area contributed by atoms with Gasteiger partial charge in [0, 0.05) is 5.56 Å². The normalized spacial score (nSPS) is 19.8. The first-order valence-electron chi connectivity index (χ1n) is 10.5. The minimum absolute atomic E-state index is 0.223. The van der Waals surface area contributed by atoms with Crippen molar-refractivity contribution in [2.45, 2.75) is 18.1 Å². The van der Waals surface area contributed by atoms with Crippen LogP contribution in [0.3, 0.4) is 0 Å². The molecule has 0 saturated carbocycles. The number of hydrogen-bond donors (Lipinski definition) is 1. The standard InChI is InChI=1S/C28H24O3/c29-28(23-15-17-24(18-16-23)30-19-21-9-3-1-4-10-21)25-13-7-8-14-27(25)31-20-26(28)22-11-5-2-6-12-22/h1-18,26,29H,19-20H2. The maximum Gasteiger partial charge on any atom is 0.128 e. The van der Waals surface area contributed by atoms with E-state index >= 15 is 0 Å². The van der Waals surface area contributed by atoms with Gasteiger partial charge >= 0.3 is 0 Å². The third-order valence-electron chi connectivity index (χ3n) is 5.95. The quantitative estimate of drug-likeness (QED) is 0.462. The molecule has 3 nitrogen and oxygen atoms in total. The van der Waals surface area contributed by atoms with E-state index in [1.165, 1.54) is 0 Å². The number of fused-ring (bicyclic) bond motifs is 1. The van der Waals surface area contributed by atoms with Gasteiger partial charge in [-0.3, -0.25) is 0 Å². The molecule has 1 N–H and O–H groups in total. The van der Waals surface area contributed by atoms with Crippen LogP contribution in [-0.2, 0) is 12.2 Å². The average molecular weight is 408 g/mol. The number of benzene rings is 4. The van der Waals surface area contributed by atoms with Crippen LogP contribution in [0.15, 0.2) is 109 Å². The molecule has 2 atom stereocenters. The Balaban J connectivity index is 1.49. The molecule has 0 amide bonds. The first-order chi connectivity index (χ1) is 15.2. The van der Waals surface area contributed by atoms with Crippen LogP contribution < -0.4 is 9.47 Å². The molecule has 0 radical (unpaired) electrons. The van der Waals surface area contributed by atoms with Crippen molar-refractivity contribution in [3.05, 3.63) is 131 Å². The second-order valence-corrected chi connectivity index (χ2v) is 7.84. The summed E-state index contributed by atoms with van der Waals surface area (Å²) in [6, 6.07) is 35.7. The van der Waals surface area contributed by atoms with E-state index in [2.05, 4.69) is 0 Å². The lowest BCUT2D eigenvalue weighted by Gasteiger charge is -2.42. The van der Waals surface area contributed by atoms with Crippen LogP contribution in [0.4, 0.5) is 0 Å². The molecule has 1 heterocycles. The van der Waals surface area contributed by atoms with E-state index in [0.29, 0.717) is 13.2 Å². The summed E-state index contributed by atoms with van der Waals surface area (Å²) in [4.78, 5) is 0. The highest BCUT2D eigenvalue weighted by Gasteiger charge is 2.46. The summed E-state index contributed by atoms with van der Waals surface area (Å²) in [5.41, 5.74) is 2.57. The largest absolute Gasteiger partial charge is 0.492 e. The highest BCUT2D eigenvalue weighted by atomic mass is 16.5. The van der Waals surface area contributed by atoms with Crippen molar-refractivity contribution in [3.63, 3.8) is 0 Å². The molecule has 0 saturated heterocycles. The van der Waals surface area contributed by atoms with Gasteiger partial charge in [-0.05, 0) is 34.9 Å². The molecule has 4 aromatic carbocycles. The summed E-state index contributed by atoms with van der Waals surface area (Å²) in [7, 11) is 0. The Morgan fingerprint density at radius 2 is 1.42 bits per heavy atom. The van der Waals surface area contributed by atoms with Crippen LogP contribution in [0.5, 0.6) is 11.5 Å². The fourth-order valence-electron chi connectivity index (χ4n) is 4.31. The Hall–Kier alpha value is -3.56. The molecule has 0 aromatic heterocycles. The molecular formula is C28H24O3. The van der Waals surface area contributed by atoms with Gasteiger partial charge in [0.1, 0.15) is 23.7 Å². The maximum atomic E-state index is 12.2. The van der Waals surface area contributed by atoms with Gasteiger partial charge in [0.15, 0.2) is 0 Å². The molecule has 1 aliphatic rings. The predicted molar refractivity (Wildman–Crippen MR) is 121 cm³/mol. The molecule has 0 aliphatic carbocycles. The summed E-state index contributed by atoms with van der Waals surface area (Å²) in [6.07, 6.45) is 0. The number of para-hydroxylation sites is 1. The van der Waals surface area contributed by atoms with Crippen LogP contribution in [0, 0.1) is 0 Å². The van der Waals surface area contributed by atoms with E-state index in [-0.39, 0.29) is 5.92 Å². The number of aliphatic hydroxyl groups is 1. The van der Waals surface area contributed by atoms with Crippen LogP contribution in [0.25, 0.3) is 0 Å². The van der Waals surface area contributed by atoms with Crippen molar-refractivity contribution in [1.29, 1.82) is 0 Å². The van der Waals surface area contributed by atoms with Crippen molar-refractivity contribution in [3.8, 4) is 11.5 Å². The summed E-state index contributed by atoms with van der Waals surface area (Å²) >= 11 is 0. The Kier molecular flexibility index (Phi) is 5.19. The summed E-state index contributed by atoms with van der Waals surface area (Å²) < 4.78 is 12.0. The molecule has 5 rings (SSSR count). The van der Waals surface area contributed by atoms with Gasteiger partial charge in [-0.25, -0.2) is 0 Å². The molecule has 31 heavy (non-hydrogen) atoms. The Labute approximate surface area is 182 Å². The molecule has 4 aromatic rings. The Morgan fingerprint density at radius 3 is 2.16 bits per heavy atom. The lowest BCUT2D eigenvalue weighted by molar-refractivity contribution is 0.0106. The lowest BCUT2D eigenvalue weighted by atomic mass is 9.72. The zero-order valence-electron chi connectivity index (χ0n) is 17.1. The summed E-state index contributed by atoms with van der Waals surface area (Å²) in [6.45, 7) is 0.914. The fraction of sp³-hybridized carbons (Fsp3) is 0.143. The first kappa shape index (κ1) is 19.4. The van der Waals surface area contributed by atoms with Gasteiger partial charge in [0.2, 0.25) is 0 Å². The molecule has 2 unspecified atom stereocenters. The lowest BCUT2D eigenvalue weighted by Crippen LogP contribution is -2.41. The zero-order chi connectivity index (χ0) is 21.1. The summed E-state index contributed by atoms with van der Waals surface area (Å²) in [5, 5.41) is 12.2. The van der Waals surface area contributed by atoms with Gasteiger partial charge in [-0.1, -0.05) is 91.0 Å². The third-order valence-corrected chi connectivity index (χ3v) is 5.95. The molecule has 154 valence electrons. The monoisotopic (exact) mass is 408 g/mol. The van der Waals surface area contributed by atoms with Gasteiger partial charge < -0.3 is 14.6 Å². The predicted octanol–water partition coefficient (Wildman–Crippen LogP) is 5.68. The van der Waals surface area contributed by atoms with E-state index in [1.54, 1.807) is 0 Å². The van der Waals surface area contributed by atoms with Gasteiger partial charge in [0.05, 0.1) is 12.5 Å². The van der Waals surface area contributed by atoms with E-state index in [4.69, 9.17) is 9.47 Å². The van der Waals surface area contributed by atoms with Gasteiger partial charge in [-0.2, -0.15) is 0 Å². The molecule has 0 fully saturated rings. The summed E-state index contributed by atoms with van der Waals surface area (Å²) in [5.74, 6) is 1.27. The molecular weight excluding hydrogens is 384 g/mol. The van der Waals surface area contributed by atoms with Gasteiger partial charge in [-0.15, -0.1) is 0 Å². The van der Waals surface area contributed by atoms with E-state index < -0.39 is 5.60 Å². The number of hydrogen-bond acceptors (Lipinski definition) is 3. The van der Waals surface area contributed by atoms with Crippen molar-refractivity contribution in [2.75, 3.05) is 6.61 Å². The first-order valence-corrected chi connectivity index (χ1v) is 10.5. The molecule has 0 bridgehead atoms. The average Bonchev–Trinajstić information content (AvgIpc) is 2.84. The topological polar surface area (TPSA) is 38.7 Å². The van der Waals surface area contributed by atoms with Crippen LogP contribution in [0.1, 0.15) is 28.2 Å². The number of rotatable bonds is 5. The van der Waals surface area contributed by atoms with Crippen LogP contribution >= 0.6 is 0 Å². The van der Waals surface area contributed by atoms with Crippen molar-refractivity contribution < 1.29 is 14.6 Å². The molecule has 1 aliphatic heterocycles. The Morgan fingerprint density at radius 1 is 0.774 bits per heavy atom.